The molecule has 88 valence electrons. The minimum atomic E-state index is -0.593. The third-order valence-electron chi connectivity index (χ3n) is 2.70. The first-order valence-corrected chi connectivity index (χ1v) is 8.30. The van der Waals surface area contributed by atoms with Crippen molar-refractivity contribution in [2.45, 2.75) is 18.9 Å². The minimum absolute atomic E-state index is 0.438. The largest absolute Gasteiger partial charge is 0.380 e. The summed E-state index contributed by atoms with van der Waals surface area (Å²) in [6.07, 6.45) is 1.97. The number of halogens is 2. The van der Waals surface area contributed by atoms with Crippen LogP contribution in [0.2, 0.25) is 0 Å². The molecule has 0 atom stereocenters. The van der Waals surface area contributed by atoms with Gasteiger partial charge in [0.25, 0.3) is 0 Å². The number of hydrogen-bond acceptors (Lipinski definition) is 2. The van der Waals surface area contributed by atoms with Crippen molar-refractivity contribution >= 4 is 48.3 Å². The standard InChI is InChI=1S/C11H13Br2NOS/c12-9-2-1-3-10(13)11(9)14-8-4-6-16(15)7-5-8/h1-3,8,14H,4-7H2. The summed E-state index contributed by atoms with van der Waals surface area (Å²) in [6, 6.07) is 6.48. The van der Waals surface area contributed by atoms with Crippen LogP contribution in [0.15, 0.2) is 27.1 Å². The van der Waals surface area contributed by atoms with Gasteiger partial charge in [0, 0.05) is 37.3 Å². The Morgan fingerprint density at radius 1 is 1.19 bits per heavy atom. The lowest BCUT2D eigenvalue weighted by Gasteiger charge is -2.24. The molecule has 1 heterocycles. The predicted octanol–water partition coefficient (Wildman–Crippen LogP) is 3.53. The van der Waals surface area contributed by atoms with E-state index in [0.29, 0.717) is 6.04 Å². The lowest BCUT2D eigenvalue weighted by atomic mass is 10.1. The highest BCUT2D eigenvalue weighted by atomic mass is 79.9. The van der Waals surface area contributed by atoms with Crippen molar-refractivity contribution in [3.05, 3.63) is 27.1 Å². The highest BCUT2D eigenvalue weighted by Crippen LogP contribution is 2.32. The number of benzene rings is 1. The van der Waals surface area contributed by atoms with Gasteiger partial charge in [-0.3, -0.25) is 4.21 Å². The van der Waals surface area contributed by atoms with Crippen LogP contribution in [0.5, 0.6) is 0 Å². The van der Waals surface area contributed by atoms with Crippen LogP contribution in [0.25, 0.3) is 0 Å². The van der Waals surface area contributed by atoms with Crippen molar-refractivity contribution in [3.8, 4) is 0 Å². The van der Waals surface area contributed by atoms with Gasteiger partial charge in [0.05, 0.1) is 5.69 Å². The molecule has 1 aromatic carbocycles. The fourth-order valence-corrected chi connectivity index (χ4v) is 4.30. The van der Waals surface area contributed by atoms with Crippen molar-refractivity contribution in [2.24, 2.45) is 0 Å². The Hall–Kier alpha value is 0.130. The summed E-state index contributed by atoms with van der Waals surface area (Å²) in [4.78, 5) is 0. The molecule has 0 saturated carbocycles. The molecule has 0 unspecified atom stereocenters. The second kappa shape index (κ2) is 5.65. The molecule has 0 radical (unpaired) electrons. The Balaban J connectivity index is 2.06. The van der Waals surface area contributed by atoms with Gasteiger partial charge in [-0.2, -0.15) is 0 Å². The van der Waals surface area contributed by atoms with Crippen molar-refractivity contribution in [1.29, 1.82) is 0 Å². The summed E-state index contributed by atoms with van der Waals surface area (Å²) in [6.45, 7) is 0. The highest BCUT2D eigenvalue weighted by Gasteiger charge is 2.18. The third-order valence-corrected chi connectivity index (χ3v) is 5.40. The summed E-state index contributed by atoms with van der Waals surface area (Å²) < 4.78 is 13.4. The predicted molar refractivity (Wildman–Crippen MR) is 76.4 cm³/mol. The molecule has 5 heteroatoms. The zero-order valence-electron chi connectivity index (χ0n) is 8.71. The van der Waals surface area contributed by atoms with Gasteiger partial charge in [0.2, 0.25) is 0 Å². The molecule has 1 aromatic rings. The number of nitrogens with one attached hydrogen (secondary N) is 1. The van der Waals surface area contributed by atoms with Crippen LogP contribution < -0.4 is 5.32 Å². The SMILES string of the molecule is O=S1CCC(Nc2c(Br)cccc2Br)CC1. The Kier molecular flexibility index (Phi) is 4.44. The number of rotatable bonds is 2. The topological polar surface area (TPSA) is 29.1 Å². The normalized spacial score (nSPS) is 25.4. The summed E-state index contributed by atoms with van der Waals surface area (Å²) >= 11 is 7.07. The average Bonchev–Trinajstić information content (AvgIpc) is 2.26. The summed E-state index contributed by atoms with van der Waals surface area (Å²) in [5.41, 5.74) is 1.10. The van der Waals surface area contributed by atoms with Gasteiger partial charge in [0.1, 0.15) is 0 Å². The van der Waals surface area contributed by atoms with Gasteiger partial charge in [-0.05, 0) is 56.8 Å². The van der Waals surface area contributed by atoms with E-state index in [-0.39, 0.29) is 0 Å². The van der Waals surface area contributed by atoms with Crippen LogP contribution in [-0.4, -0.2) is 21.8 Å². The van der Waals surface area contributed by atoms with E-state index in [9.17, 15) is 4.21 Å². The Morgan fingerprint density at radius 2 is 1.75 bits per heavy atom. The van der Waals surface area contributed by atoms with E-state index in [1.165, 1.54) is 0 Å². The molecule has 0 amide bonds. The van der Waals surface area contributed by atoms with Crippen molar-refractivity contribution < 1.29 is 4.21 Å². The van der Waals surface area contributed by atoms with Crippen LogP contribution in [0.1, 0.15) is 12.8 Å². The van der Waals surface area contributed by atoms with Crippen LogP contribution in [0, 0.1) is 0 Å². The Labute approximate surface area is 115 Å². The molecule has 1 saturated heterocycles. The number of hydrogen-bond donors (Lipinski definition) is 1. The molecule has 1 aliphatic rings. The summed E-state index contributed by atoms with van der Waals surface area (Å²) in [5.74, 6) is 1.64. The van der Waals surface area contributed by atoms with E-state index in [4.69, 9.17) is 0 Å². The van der Waals surface area contributed by atoms with Crippen LogP contribution in [0.3, 0.4) is 0 Å². The van der Waals surface area contributed by atoms with Crippen molar-refractivity contribution in [1.82, 2.24) is 0 Å². The molecule has 1 N–H and O–H groups in total. The molecule has 2 nitrogen and oxygen atoms in total. The maximum Gasteiger partial charge on any atom is 0.0631 e. The molecule has 0 aromatic heterocycles. The first kappa shape index (κ1) is 12.6. The van der Waals surface area contributed by atoms with Gasteiger partial charge < -0.3 is 5.32 Å². The quantitative estimate of drug-likeness (QED) is 0.867. The molecular formula is C11H13Br2NOS. The average molecular weight is 367 g/mol. The van der Waals surface area contributed by atoms with E-state index in [2.05, 4.69) is 37.2 Å². The van der Waals surface area contributed by atoms with Gasteiger partial charge in [0.15, 0.2) is 0 Å². The second-order valence-corrected chi connectivity index (χ2v) is 7.27. The van der Waals surface area contributed by atoms with E-state index >= 15 is 0 Å². The van der Waals surface area contributed by atoms with Crippen LogP contribution >= 0.6 is 31.9 Å². The maximum atomic E-state index is 11.3. The molecule has 1 aliphatic heterocycles. The van der Waals surface area contributed by atoms with Crippen LogP contribution in [0.4, 0.5) is 5.69 Å². The fourth-order valence-electron chi connectivity index (χ4n) is 1.78. The van der Waals surface area contributed by atoms with E-state index in [0.717, 1.165) is 39.0 Å². The second-order valence-electron chi connectivity index (χ2n) is 3.86. The van der Waals surface area contributed by atoms with E-state index in [1.807, 2.05) is 18.2 Å². The molecule has 0 aliphatic carbocycles. The fraction of sp³-hybridized carbons (Fsp3) is 0.455. The highest BCUT2D eigenvalue weighted by molar-refractivity contribution is 9.11. The Morgan fingerprint density at radius 3 is 2.31 bits per heavy atom. The van der Waals surface area contributed by atoms with Crippen molar-refractivity contribution in [3.63, 3.8) is 0 Å². The van der Waals surface area contributed by atoms with Gasteiger partial charge in [-0.25, -0.2) is 0 Å². The smallest absolute Gasteiger partial charge is 0.0631 e. The minimum Gasteiger partial charge on any atom is -0.380 e. The third kappa shape index (κ3) is 3.08. The molecule has 16 heavy (non-hydrogen) atoms. The molecule has 2 rings (SSSR count). The maximum absolute atomic E-state index is 11.3. The van der Waals surface area contributed by atoms with Gasteiger partial charge in [-0.15, -0.1) is 0 Å². The van der Waals surface area contributed by atoms with Crippen molar-refractivity contribution in [2.75, 3.05) is 16.8 Å². The van der Waals surface area contributed by atoms with Gasteiger partial charge in [-0.1, -0.05) is 6.07 Å². The first-order valence-electron chi connectivity index (χ1n) is 5.22. The van der Waals surface area contributed by atoms with E-state index < -0.39 is 10.8 Å². The summed E-state index contributed by atoms with van der Waals surface area (Å²) in [7, 11) is -0.593. The number of para-hydroxylation sites is 1. The first-order chi connectivity index (χ1) is 7.66. The monoisotopic (exact) mass is 365 g/mol. The molecule has 0 bridgehead atoms. The molecule has 0 spiro atoms. The van der Waals surface area contributed by atoms with Gasteiger partial charge >= 0.3 is 0 Å². The Bertz CT molecular complexity index is 381. The molecule has 1 fully saturated rings. The van der Waals surface area contributed by atoms with E-state index in [1.54, 1.807) is 0 Å². The summed E-state index contributed by atoms with van der Waals surface area (Å²) in [5, 5.41) is 3.51. The zero-order valence-corrected chi connectivity index (χ0v) is 12.7. The zero-order chi connectivity index (χ0) is 11.5. The van der Waals surface area contributed by atoms with Crippen LogP contribution in [-0.2, 0) is 10.8 Å². The molecular weight excluding hydrogens is 354 g/mol. The number of anilines is 1. The lowest BCUT2D eigenvalue weighted by molar-refractivity contribution is 0.623. The lowest BCUT2D eigenvalue weighted by Crippen LogP contribution is -2.29.